The average molecular weight is 350 g/mol. The Morgan fingerprint density at radius 2 is 2.12 bits per heavy atom. The summed E-state index contributed by atoms with van der Waals surface area (Å²) in [6.45, 7) is 0.564. The smallest absolute Gasteiger partial charge is 0.329 e. The lowest BCUT2D eigenvalue weighted by atomic mass is 10.2. The maximum absolute atomic E-state index is 11.5. The van der Waals surface area contributed by atoms with Crippen molar-refractivity contribution in [3.8, 4) is 11.3 Å². The number of hydrazone groups is 1. The summed E-state index contributed by atoms with van der Waals surface area (Å²) in [6.07, 6.45) is 1.30. The molecule has 2 N–H and O–H groups in total. The molecule has 1 aromatic carbocycles. The summed E-state index contributed by atoms with van der Waals surface area (Å²) in [5.74, 6) is -0.625. The van der Waals surface area contributed by atoms with Gasteiger partial charge in [-0.15, -0.1) is 0 Å². The van der Waals surface area contributed by atoms with E-state index in [2.05, 4.69) is 15.8 Å². The third-order valence-corrected chi connectivity index (χ3v) is 3.13. The molecule has 0 bridgehead atoms. The van der Waals surface area contributed by atoms with E-state index in [0.717, 1.165) is 5.56 Å². The number of carbonyl (C=O) groups excluding carboxylic acids is 2. The molecular weight excluding hydrogens is 334 g/mol. The molecule has 2 rings (SSSR count). The molecule has 0 aliphatic rings. The zero-order valence-corrected chi connectivity index (χ0v) is 13.7. The number of furan rings is 1. The lowest BCUT2D eigenvalue weighted by molar-refractivity contribution is -0.139. The quantitative estimate of drug-likeness (QED) is 0.360. The number of ether oxygens (including phenoxy) is 1. The van der Waals surface area contributed by atoms with Crippen LogP contribution in [0.3, 0.4) is 0 Å². The van der Waals surface area contributed by atoms with Gasteiger partial charge in [0.1, 0.15) is 11.5 Å². The maximum atomic E-state index is 11.5. The largest absolute Gasteiger partial charge is 0.455 e. The number of nitrogens with one attached hydrogen (secondary N) is 2. The van der Waals surface area contributed by atoms with Gasteiger partial charge < -0.3 is 14.5 Å². The van der Waals surface area contributed by atoms with Gasteiger partial charge in [-0.25, -0.2) is 5.43 Å². The Hall–Kier alpha value is -2.64. The zero-order valence-electron chi connectivity index (χ0n) is 12.9. The van der Waals surface area contributed by atoms with Gasteiger partial charge in [0.25, 0.3) is 0 Å². The monoisotopic (exact) mass is 349 g/mol. The van der Waals surface area contributed by atoms with Gasteiger partial charge in [-0.2, -0.15) is 5.10 Å². The van der Waals surface area contributed by atoms with Crippen LogP contribution in [0.4, 0.5) is 0 Å². The van der Waals surface area contributed by atoms with E-state index >= 15 is 0 Å². The summed E-state index contributed by atoms with van der Waals surface area (Å²) in [4.78, 5) is 22.9. The SMILES string of the molecule is COCCNC(=O)C(=O)NN=Cc1ccc(-c2cccc(Cl)c2)o1. The van der Waals surface area contributed by atoms with Gasteiger partial charge in [0.05, 0.1) is 12.8 Å². The number of hydrogen-bond acceptors (Lipinski definition) is 5. The van der Waals surface area contributed by atoms with E-state index in [9.17, 15) is 9.59 Å². The molecule has 0 aliphatic heterocycles. The van der Waals surface area contributed by atoms with Crippen molar-refractivity contribution in [3.05, 3.63) is 47.2 Å². The Morgan fingerprint density at radius 3 is 2.88 bits per heavy atom. The fourth-order valence-corrected chi connectivity index (χ4v) is 1.96. The molecule has 0 radical (unpaired) electrons. The summed E-state index contributed by atoms with van der Waals surface area (Å²) >= 11 is 5.93. The van der Waals surface area contributed by atoms with Crippen molar-refractivity contribution in [1.29, 1.82) is 0 Å². The normalized spacial score (nSPS) is 10.8. The van der Waals surface area contributed by atoms with Gasteiger partial charge in [0.15, 0.2) is 0 Å². The molecule has 0 spiro atoms. The maximum Gasteiger partial charge on any atom is 0.329 e. The molecule has 0 atom stereocenters. The number of benzene rings is 1. The highest BCUT2D eigenvalue weighted by atomic mass is 35.5. The van der Waals surface area contributed by atoms with E-state index in [1.165, 1.54) is 13.3 Å². The second-order valence-corrected chi connectivity index (χ2v) is 5.10. The second-order valence-electron chi connectivity index (χ2n) is 4.66. The molecule has 24 heavy (non-hydrogen) atoms. The van der Waals surface area contributed by atoms with Crippen LogP contribution in [0, 0.1) is 0 Å². The first-order valence-corrected chi connectivity index (χ1v) is 7.44. The van der Waals surface area contributed by atoms with Crippen molar-refractivity contribution in [3.63, 3.8) is 0 Å². The Morgan fingerprint density at radius 1 is 1.29 bits per heavy atom. The van der Waals surface area contributed by atoms with Crippen molar-refractivity contribution < 1.29 is 18.7 Å². The number of hydrogen-bond donors (Lipinski definition) is 2. The topological polar surface area (TPSA) is 92.9 Å². The van der Waals surface area contributed by atoms with E-state index in [1.54, 1.807) is 24.3 Å². The molecule has 2 aromatic rings. The Kier molecular flexibility index (Phi) is 6.53. The predicted molar refractivity (Wildman–Crippen MR) is 89.8 cm³/mol. The minimum Gasteiger partial charge on any atom is -0.455 e. The molecule has 0 aliphatic carbocycles. The fourth-order valence-electron chi connectivity index (χ4n) is 1.77. The fraction of sp³-hybridized carbons (Fsp3) is 0.188. The van der Waals surface area contributed by atoms with Gasteiger partial charge >= 0.3 is 11.8 Å². The molecule has 2 amide bonds. The zero-order chi connectivity index (χ0) is 17.4. The number of rotatable bonds is 6. The van der Waals surface area contributed by atoms with Gasteiger partial charge in [-0.05, 0) is 24.3 Å². The van der Waals surface area contributed by atoms with Crippen LogP contribution >= 0.6 is 11.6 Å². The number of methoxy groups -OCH3 is 1. The second kappa shape index (κ2) is 8.85. The predicted octanol–water partition coefficient (Wildman–Crippen LogP) is 1.81. The first-order chi connectivity index (χ1) is 11.6. The third kappa shape index (κ3) is 5.22. The van der Waals surface area contributed by atoms with E-state index < -0.39 is 11.8 Å². The number of nitrogens with zero attached hydrogens (tertiary/aromatic N) is 1. The summed E-state index contributed by atoms with van der Waals surface area (Å²) in [5.41, 5.74) is 2.94. The first-order valence-electron chi connectivity index (χ1n) is 7.06. The minimum atomic E-state index is -0.871. The Bertz CT molecular complexity index is 742. The minimum absolute atomic E-state index is 0.244. The van der Waals surface area contributed by atoms with Crippen LogP contribution in [0.5, 0.6) is 0 Å². The van der Waals surface area contributed by atoms with Crippen LogP contribution in [0.25, 0.3) is 11.3 Å². The number of halogens is 1. The molecule has 0 unspecified atom stereocenters. The van der Waals surface area contributed by atoms with E-state index in [4.69, 9.17) is 20.8 Å². The van der Waals surface area contributed by atoms with Crippen LogP contribution in [0.2, 0.25) is 5.02 Å². The standard InChI is InChI=1S/C16H16ClN3O4/c1-23-8-7-18-15(21)16(22)20-19-10-13-5-6-14(24-13)11-3-2-4-12(17)9-11/h2-6,9-10H,7-8H2,1H3,(H,18,21)(H,20,22). The lowest BCUT2D eigenvalue weighted by Gasteiger charge is -2.02. The van der Waals surface area contributed by atoms with Crippen molar-refractivity contribution in [1.82, 2.24) is 10.7 Å². The van der Waals surface area contributed by atoms with E-state index in [-0.39, 0.29) is 6.54 Å². The van der Waals surface area contributed by atoms with Gasteiger partial charge in [0, 0.05) is 24.2 Å². The Balaban J connectivity index is 1.89. The summed E-state index contributed by atoms with van der Waals surface area (Å²) in [7, 11) is 1.50. The number of amides is 2. The van der Waals surface area contributed by atoms with Crippen molar-refractivity contribution in [2.75, 3.05) is 20.3 Å². The summed E-state index contributed by atoms with van der Waals surface area (Å²) < 4.78 is 10.3. The molecule has 0 saturated carbocycles. The summed E-state index contributed by atoms with van der Waals surface area (Å²) in [6, 6.07) is 10.7. The molecular formula is C16H16ClN3O4. The highest BCUT2D eigenvalue weighted by Crippen LogP contribution is 2.24. The average Bonchev–Trinajstić information content (AvgIpc) is 3.04. The highest BCUT2D eigenvalue weighted by molar-refractivity contribution is 6.35. The Labute approximate surface area is 143 Å². The van der Waals surface area contributed by atoms with Crippen LogP contribution in [0.15, 0.2) is 45.9 Å². The lowest BCUT2D eigenvalue weighted by Crippen LogP contribution is -2.39. The molecule has 1 aromatic heterocycles. The van der Waals surface area contributed by atoms with Gasteiger partial charge in [-0.1, -0.05) is 23.7 Å². The molecule has 8 heteroatoms. The van der Waals surface area contributed by atoms with Crippen LogP contribution in [-0.2, 0) is 14.3 Å². The van der Waals surface area contributed by atoms with E-state index in [1.807, 2.05) is 12.1 Å². The molecule has 126 valence electrons. The molecule has 0 saturated heterocycles. The third-order valence-electron chi connectivity index (χ3n) is 2.89. The molecule has 1 heterocycles. The van der Waals surface area contributed by atoms with Crippen molar-refractivity contribution >= 4 is 29.6 Å². The summed E-state index contributed by atoms with van der Waals surface area (Å²) in [5, 5.41) is 6.66. The van der Waals surface area contributed by atoms with Gasteiger partial charge in [0.2, 0.25) is 0 Å². The highest BCUT2D eigenvalue weighted by Gasteiger charge is 2.11. The molecule has 7 nitrogen and oxygen atoms in total. The number of carbonyl (C=O) groups is 2. The van der Waals surface area contributed by atoms with Gasteiger partial charge in [-0.3, -0.25) is 9.59 Å². The molecule has 0 fully saturated rings. The first kappa shape index (κ1) is 17.7. The van der Waals surface area contributed by atoms with Crippen LogP contribution in [0.1, 0.15) is 5.76 Å². The van der Waals surface area contributed by atoms with Crippen molar-refractivity contribution in [2.45, 2.75) is 0 Å². The van der Waals surface area contributed by atoms with E-state index in [0.29, 0.717) is 23.2 Å². The van der Waals surface area contributed by atoms with Crippen LogP contribution in [-0.4, -0.2) is 38.3 Å². The van der Waals surface area contributed by atoms with Crippen LogP contribution < -0.4 is 10.7 Å². The van der Waals surface area contributed by atoms with Crippen molar-refractivity contribution in [2.24, 2.45) is 5.10 Å².